The standard InChI is InChI=1S/C17H25NO3/c1-12-6-7-13(2)15(9-12)16-10-18(14(3)11-21-16)8-4-5-17(19)20/h6-7,9,14,16H,4-5,8,10-11H2,1-3H3,(H,19,20)/t14-,16+/m1/s1. The highest BCUT2D eigenvalue weighted by molar-refractivity contribution is 5.66. The minimum absolute atomic E-state index is 0.0888. The van der Waals surface area contributed by atoms with Gasteiger partial charge in [-0.2, -0.15) is 0 Å². The molecule has 0 amide bonds. The molecule has 2 atom stereocenters. The van der Waals surface area contributed by atoms with Crippen LogP contribution in [-0.4, -0.2) is 41.7 Å². The van der Waals surface area contributed by atoms with Crippen LogP contribution in [0.15, 0.2) is 18.2 Å². The summed E-state index contributed by atoms with van der Waals surface area (Å²) in [6.07, 6.45) is 1.02. The number of nitrogens with zero attached hydrogens (tertiary/aromatic N) is 1. The van der Waals surface area contributed by atoms with Crippen LogP contribution in [0.1, 0.15) is 42.6 Å². The maximum Gasteiger partial charge on any atom is 0.303 e. The molecule has 0 aromatic heterocycles. The van der Waals surface area contributed by atoms with Gasteiger partial charge < -0.3 is 9.84 Å². The summed E-state index contributed by atoms with van der Waals surface area (Å²) in [7, 11) is 0. The molecule has 0 bridgehead atoms. The van der Waals surface area contributed by atoms with Gasteiger partial charge in [-0.1, -0.05) is 23.8 Å². The lowest BCUT2D eigenvalue weighted by molar-refractivity contribution is -0.137. The molecule has 1 aromatic carbocycles. The van der Waals surface area contributed by atoms with Crippen molar-refractivity contribution < 1.29 is 14.6 Å². The Bertz CT molecular complexity index is 501. The summed E-state index contributed by atoms with van der Waals surface area (Å²) in [4.78, 5) is 13.0. The van der Waals surface area contributed by atoms with Crippen LogP contribution in [0.2, 0.25) is 0 Å². The fourth-order valence-corrected chi connectivity index (χ4v) is 2.85. The van der Waals surface area contributed by atoms with Gasteiger partial charge in [-0.3, -0.25) is 9.69 Å². The Hall–Kier alpha value is -1.39. The maximum atomic E-state index is 10.6. The molecule has 0 aliphatic carbocycles. The molecule has 1 saturated heterocycles. The average molecular weight is 291 g/mol. The number of ether oxygens (including phenoxy) is 1. The van der Waals surface area contributed by atoms with E-state index in [0.29, 0.717) is 19.1 Å². The maximum absolute atomic E-state index is 10.6. The van der Waals surface area contributed by atoms with Crippen molar-refractivity contribution in [2.75, 3.05) is 19.7 Å². The summed E-state index contributed by atoms with van der Waals surface area (Å²) in [6, 6.07) is 6.81. The zero-order valence-corrected chi connectivity index (χ0v) is 13.1. The van der Waals surface area contributed by atoms with Crippen molar-refractivity contribution in [3.63, 3.8) is 0 Å². The number of benzene rings is 1. The number of rotatable bonds is 5. The summed E-state index contributed by atoms with van der Waals surface area (Å²) in [5.74, 6) is -0.720. The summed E-state index contributed by atoms with van der Waals surface area (Å²) >= 11 is 0. The first-order valence-corrected chi connectivity index (χ1v) is 7.62. The van der Waals surface area contributed by atoms with E-state index in [2.05, 4.69) is 43.9 Å². The molecular weight excluding hydrogens is 266 g/mol. The van der Waals surface area contributed by atoms with E-state index in [-0.39, 0.29) is 12.5 Å². The first-order chi connectivity index (χ1) is 9.97. The SMILES string of the molecule is Cc1ccc(C)c([C@@H]2CN(CCCC(=O)O)[C@H](C)CO2)c1. The van der Waals surface area contributed by atoms with Crippen molar-refractivity contribution in [2.45, 2.75) is 45.8 Å². The molecule has 0 unspecified atom stereocenters. The Balaban J connectivity index is 2.02. The van der Waals surface area contributed by atoms with Crippen molar-refractivity contribution in [3.8, 4) is 0 Å². The smallest absolute Gasteiger partial charge is 0.303 e. The Labute approximate surface area is 126 Å². The number of carboxylic acid groups (broad SMARTS) is 1. The third-order valence-electron chi connectivity index (χ3n) is 4.18. The quantitative estimate of drug-likeness (QED) is 0.906. The predicted molar refractivity (Wildman–Crippen MR) is 82.5 cm³/mol. The van der Waals surface area contributed by atoms with Crippen LogP contribution in [0.3, 0.4) is 0 Å². The van der Waals surface area contributed by atoms with E-state index in [1.807, 2.05) is 0 Å². The van der Waals surface area contributed by atoms with E-state index >= 15 is 0 Å². The lowest BCUT2D eigenvalue weighted by Gasteiger charge is -2.38. The van der Waals surface area contributed by atoms with Gasteiger partial charge >= 0.3 is 5.97 Å². The number of carbonyl (C=O) groups is 1. The molecule has 1 aromatic rings. The predicted octanol–water partition coefficient (Wildman–Crippen LogP) is 2.93. The van der Waals surface area contributed by atoms with E-state index in [1.54, 1.807) is 0 Å². The Morgan fingerprint density at radius 1 is 1.43 bits per heavy atom. The fourth-order valence-electron chi connectivity index (χ4n) is 2.85. The molecule has 0 saturated carbocycles. The van der Waals surface area contributed by atoms with Crippen molar-refractivity contribution >= 4 is 5.97 Å². The van der Waals surface area contributed by atoms with Crippen LogP contribution in [0.5, 0.6) is 0 Å². The topological polar surface area (TPSA) is 49.8 Å². The number of hydrogen-bond acceptors (Lipinski definition) is 3. The minimum atomic E-state index is -0.720. The molecule has 1 fully saturated rings. The first-order valence-electron chi connectivity index (χ1n) is 7.62. The highest BCUT2D eigenvalue weighted by Crippen LogP contribution is 2.28. The molecule has 4 heteroatoms. The van der Waals surface area contributed by atoms with Crippen LogP contribution in [0, 0.1) is 13.8 Å². The van der Waals surface area contributed by atoms with Crippen LogP contribution in [-0.2, 0) is 9.53 Å². The van der Waals surface area contributed by atoms with Gasteiger partial charge in [-0.05, 0) is 44.9 Å². The summed E-state index contributed by atoms with van der Waals surface area (Å²) in [5.41, 5.74) is 3.76. The normalized spacial score (nSPS) is 23.2. The molecule has 21 heavy (non-hydrogen) atoms. The van der Waals surface area contributed by atoms with Gasteiger partial charge in [0.15, 0.2) is 0 Å². The van der Waals surface area contributed by atoms with E-state index in [1.165, 1.54) is 16.7 Å². The highest BCUT2D eigenvalue weighted by Gasteiger charge is 2.27. The summed E-state index contributed by atoms with van der Waals surface area (Å²) in [6.45, 7) is 8.71. The number of aryl methyl sites for hydroxylation is 2. The van der Waals surface area contributed by atoms with Crippen molar-refractivity contribution in [2.24, 2.45) is 0 Å². The average Bonchev–Trinajstić information content (AvgIpc) is 2.43. The van der Waals surface area contributed by atoms with Crippen LogP contribution < -0.4 is 0 Å². The summed E-state index contributed by atoms with van der Waals surface area (Å²) < 4.78 is 6.01. The molecule has 1 heterocycles. The number of aliphatic carboxylic acids is 1. The van der Waals surface area contributed by atoms with E-state index in [0.717, 1.165) is 13.1 Å². The number of carboxylic acids is 1. The molecule has 116 valence electrons. The van der Waals surface area contributed by atoms with Gasteiger partial charge in [0.1, 0.15) is 0 Å². The van der Waals surface area contributed by atoms with Crippen LogP contribution >= 0.6 is 0 Å². The molecule has 0 spiro atoms. The van der Waals surface area contributed by atoms with E-state index < -0.39 is 5.97 Å². The second-order valence-electron chi connectivity index (χ2n) is 6.02. The third kappa shape index (κ3) is 4.29. The van der Waals surface area contributed by atoms with Gasteiger partial charge in [-0.25, -0.2) is 0 Å². The molecule has 1 N–H and O–H groups in total. The highest BCUT2D eigenvalue weighted by atomic mass is 16.5. The molecular formula is C17H25NO3. The first kappa shape index (κ1) is 16.0. The molecule has 0 radical (unpaired) electrons. The largest absolute Gasteiger partial charge is 0.481 e. The Morgan fingerprint density at radius 2 is 2.19 bits per heavy atom. The third-order valence-corrected chi connectivity index (χ3v) is 4.18. The van der Waals surface area contributed by atoms with Crippen molar-refractivity contribution in [3.05, 3.63) is 34.9 Å². The van der Waals surface area contributed by atoms with Gasteiger partial charge in [0, 0.05) is 19.0 Å². The molecule has 4 nitrogen and oxygen atoms in total. The van der Waals surface area contributed by atoms with Gasteiger partial charge in [0.2, 0.25) is 0 Å². The molecule has 1 aliphatic rings. The Morgan fingerprint density at radius 3 is 2.90 bits per heavy atom. The minimum Gasteiger partial charge on any atom is -0.481 e. The van der Waals surface area contributed by atoms with Gasteiger partial charge in [0.25, 0.3) is 0 Å². The molecule has 1 aliphatic heterocycles. The number of morpholine rings is 1. The van der Waals surface area contributed by atoms with Crippen LogP contribution in [0.25, 0.3) is 0 Å². The number of hydrogen-bond donors (Lipinski definition) is 1. The zero-order chi connectivity index (χ0) is 15.4. The molecule has 2 rings (SSSR count). The van der Waals surface area contributed by atoms with Crippen molar-refractivity contribution in [1.82, 2.24) is 4.90 Å². The Kier molecular flexibility index (Phi) is 5.37. The monoisotopic (exact) mass is 291 g/mol. The van der Waals surface area contributed by atoms with Crippen LogP contribution in [0.4, 0.5) is 0 Å². The second-order valence-corrected chi connectivity index (χ2v) is 6.02. The fraction of sp³-hybridized carbons (Fsp3) is 0.588. The lowest BCUT2D eigenvalue weighted by Crippen LogP contribution is -2.45. The van der Waals surface area contributed by atoms with Crippen molar-refractivity contribution in [1.29, 1.82) is 0 Å². The van der Waals surface area contributed by atoms with E-state index in [9.17, 15) is 4.79 Å². The van der Waals surface area contributed by atoms with E-state index in [4.69, 9.17) is 9.84 Å². The van der Waals surface area contributed by atoms with Gasteiger partial charge in [0.05, 0.1) is 12.7 Å². The van der Waals surface area contributed by atoms with Gasteiger partial charge in [-0.15, -0.1) is 0 Å². The summed E-state index contributed by atoms with van der Waals surface area (Å²) in [5, 5.41) is 8.76. The zero-order valence-electron chi connectivity index (χ0n) is 13.1. The second kappa shape index (κ2) is 7.05. The lowest BCUT2D eigenvalue weighted by atomic mass is 9.98.